The number of hydrogen-bond acceptors (Lipinski definition) is 2. The molecule has 0 aliphatic carbocycles. The number of halogens is 1. The maximum absolute atomic E-state index is 12.7. The number of carbonyl (C=O) groups excluding carboxylic acids is 1. The van der Waals surface area contributed by atoms with Gasteiger partial charge in [0.25, 0.3) is 0 Å². The van der Waals surface area contributed by atoms with Crippen LogP contribution in [0.25, 0.3) is 0 Å². The molecule has 0 radical (unpaired) electrons. The highest BCUT2D eigenvalue weighted by Crippen LogP contribution is 2.20. The van der Waals surface area contributed by atoms with Crippen molar-refractivity contribution in [3.8, 4) is 0 Å². The van der Waals surface area contributed by atoms with E-state index in [9.17, 15) is 14.0 Å². The van der Waals surface area contributed by atoms with Crippen molar-refractivity contribution in [2.24, 2.45) is 0 Å². The number of carboxylic acid groups (broad SMARTS) is 1. The monoisotopic (exact) mass is 175 g/mol. The van der Waals surface area contributed by atoms with Crippen molar-refractivity contribution in [2.45, 2.75) is 25.6 Å². The summed E-state index contributed by atoms with van der Waals surface area (Å²) in [6.07, 6.45) is -1.29. The molecule has 5 heteroatoms. The van der Waals surface area contributed by atoms with E-state index in [-0.39, 0.29) is 18.9 Å². The van der Waals surface area contributed by atoms with Gasteiger partial charge >= 0.3 is 5.97 Å². The second kappa shape index (κ2) is 3.08. The standard InChI is InChI=1S/C7H10FNO3/c1-4(10)9-3-5(8)2-6(9)7(11)12/h5-6H,2-3H2,1H3,(H,11,12)/t5-,6-/m0/s1. The van der Waals surface area contributed by atoms with Crippen LogP contribution in [0.3, 0.4) is 0 Å². The molecule has 0 aromatic rings. The van der Waals surface area contributed by atoms with E-state index in [2.05, 4.69) is 0 Å². The van der Waals surface area contributed by atoms with Gasteiger partial charge in [-0.15, -0.1) is 0 Å². The zero-order valence-corrected chi connectivity index (χ0v) is 6.66. The van der Waals surface area contributed by atoms with E-state index in [1.54, 1.807) is 0 Å². The summed E-state index contributed by atoms with van der Waals surface area (Å²) in [4.78, 5) is 22.4. The fourth-order valence-electron chi connectivity index (χ4n) is 1.37. The molecule has 0 spiro atoms. The number of alkyl halides is 1. The van der Waals surface area contributed by atoms with Crippen LogP contribution in [0, 0.1) is 0 Å². The van der Waals surface area contributed by atoms with Crippen LogP contribution in [-0.2, 0) is 9.59 Å². The molecule has 1 heterocycles. The smallest absolute Gasteiger partial charge is 0.326 e. The molecule has 1 N–H and O–H groups in total. The SMILES string of the molecule is CC(=O)N1C[C@@H](F)C[C@H]1C(=O)O. The Kier molecular flexibility index (Phi) is 2.30. The Morgan fingerprint density at radius 3 is 2.50 bits per heavy atom. The first-order valence-corrected chi connectivity index (χ1v) is 3.66. The van der Waals surface area contributed by atoms with E-state index in [1.165, 1.54) is 6.92 Å². The predicted molar refractivity (Wildman–Crippen MR) is 38.3 cm³/mol. The molecule has 1 fully saturated rings. The van der Waals surface area contributed by atoms with Gasteiger partial charge in [-0.2, -0.15) is 0 Å². The molecule has 1 saturated heterocycles. The van der Waals surface area contributed by atoms with Gasteiger partial charge in [0.1, 0.15) is 12.2 Å². The van der Waals surface area contributed by atoms with Gasteiger partial charge in [-0.1, -0.05) is 0 Å². The minimum absolute atomic E-state index is 0.0884. The number of hydrogen-bond donors (Lipinski definition) is 1. The molecule has 0 unspecified atom stereocenters. The van der Waals surface area contributed by atoms with Crippen molar-refractivity contribution in [3.05, 3.63) is 0 Å². The Balaban J connectivity index is 2.72. The Morgan fingerprint density at radius 1 is 1.58 bits per heavy atom. The molecule has 1 aliphatic rings. The molecule has 0 bridgehead atoms. The van der Waals surface area contributed by atoms with Crippen LogP contribution in [0.5, 0.6) is 0 Å². The van der Waals surface area contributed by atoms with Gasteiger partial charge in [-0.05, 0) is 0 Å². The number of carbonyl (C=O) groups is 2. The Morgan fingerprint density at radius 2 is 2.17 bits per heavy atom. The maximum atomic E-state index is 12.7. The molecule has 1 aliphatic heterocycles. The van der Waals surface area contributed by atoms with Gasteiger partial charge in [0.2, 0.25) is 5.91 Å². The third-order valence-corrected chi connectivity index (χ3v) is 1.94. The number of aliphatic carboxylic acids is 1. The van der Waals surface area contributed by atoms with Gasteiger partial charge in [0, 0.05) is 13.3 Å². The summed E-state index contributed by atoms with van der Waals surface area (Å²) in [7, 11) is 0. The van der Waals surface area contributed by atoms with Crippen LogP contribution in [-0.4, -0.2) is 40.6 Å². The van der Waals surface area contributed by atoms with Crippen LogP contribution in [0.15, 0.2) is 0 Å². The molecular formula is C7H10FNO3. The number of rotatable bonds is 1. The summed E-state index contributed by atoms with van der Waals surface area (Å²) in [6.45, 7) is 1.15. The van der Waals surface area contributed by atoms with E-state index in [0.717, 1.165) is 4.90 Å². The summed E-state index contributed by atoms with van der Waals surface area (Å²) in [5.41, 5.74) is 0. The Labute approximate surface area is 69.0 Å². The first kappa shape index (κ1) is 8.96. The molecule has 2 atom stereocenters. The minimum atomic E-state index is -1.20. The van der Waals surface area contributed by atoms with E-state index >= 15 is 0 Å². The van der Waals surface area contributed by atoms with Crippen molar-refractivity contribution < 1.29 is 19.1 Å². The maximum Gasteiger partial charge on any atom is 0.326 e. The van der Waals surface area contributed by atoms with Gasteiger partial charge in [-0.25, -0.2) is 9.18 Å². The fraction of sp³-hybridized carbons (Fsp3) is 0.714. The number of amides is 1. The third kappa shape index (κ3) is 1.54. The van der Waals surface area contributed by atoms with Crippen molar-refractivity contribution in [3.63, 3.8) is 0 Å². The van der Waals surface area contributed by atoms with E-state index in [1.807, 2.05) is 0 Å². The summed E-state index contributed by atoms with van der Waals surface area (Å²) < 4.78 is 12.7. The van der Waals surface area contributed by atoms with Crippen LogP contribution >= 0.6 is 0 Å². The zero-order valence-electron chi connectivity index (χ0n) is 6.66. The van der Waals surface area contributed by atoms with E-state index in [0.29, 0.717) is 0 Å². The van der Waals surface area contributed by atoms with Gasteiger partial charge in [0.15, 0.2) is 0 Å². The predicted octanol–water partition coefficient (Wildman–Crippen LogP) is 0.0299. The molecule has 68 valence electrons. The van der Waals surface area contributed by atoms with Crippen LogP contribution in [0.2, 0.25) is 0 Å². The van der Waals surface area contributed by atoms with Gasteiger partial charge in [0.05, 0.1) is 6.54 Å². The first-order valence-electron chi connectivity index (χ1n) is 3.66. The van der Waals surface area contributed by atoms with E-state index in [4.69, 9.17) is 5.11 Å². The van der Waals surface area contributed by atoms with Crippen LogP contribution in [0.1, 0.15) is 13.3 Å². The van der Waals surface area contributed by atoms with Crippen molar-refractivity contribution in [1.29, 1.82) is 0 Å². The molecule has 0 aromatic heterocycles. The Hall–Kier alpha value is -1.13. The highest BCUT2D eigenvalue weighted by Gasteiger charge is 2.38. The highest BCUT2D eigenvalue weighted by molar-refractivity contribution is 5.83. The normalized spacial score (nSPS) is 29.0. The summed E-state index contributed by atoms with van der Waals surface area (Å²) in [5, 5.41) is 8.59. The molecule has 4 nitrogen and oxygen atoms in total. The highest BCUT2D eigenvalue weighted by atomic mass is 19.1. The largest absolute Gasteiger partial charge is 0.480 e. The fourth-order valence-corrected chi connectivity index (χ4v) is 1.37. The molecule has 0 saturated carbocycles. The number of nitrogens with zero attached hydrogens (tertiary/aromatic N) is 1. The summed E-state index contributed by atoms with van der Waals surface area (Å²) >= 11 is 0. The molecule has 0 aromatic carbocycles. The minimum Gasteiger partial charge on any atom is -0.480 e. The van der Waals surface area contributed by atoms with Gasteiger partial charge < -0.3 is 10.0 Å². The zero-order chi connectivity index (χ0) is 9.30. The van der Waals surface area contributed by atoms with Crippen molar-refractivity contribution >= 4 is 11.9 Å². The van der Waals surface area contributed by atoms with Crippen molar-refractivity contribution in [1.82, 2.24) is 4.90 Å². The lowest BCUT2D eigenvalue weighted by atomic mass is 10.2. The second-order valence-corrected chi connectivity index (χ2v) is 2.86. The average Bonchev–Trinajstić information content (AvgIpc) is 2.31. The summed E-state index contributed by atoms with van der Waals surface area (Å²) in [5.74, 6) is -1.52. The van der Waals surface area contributed by atoms with Crippen LogP contribution < -0.4 is 0 Å². The molecule has 1 rings (SSSR count). The Bertz CT molecular complexity index is 197. The summed E-state index contributed by atoms with van der Waals surface area (Å²) in [6, 6.07) is -0.975. The lowest BCUT2D eigenvalue weighted by molar-refractivity contribution is -0.147. The first-order chi connectivity index (χ1) is 5.52. The van der Waals surface area contributed by atoms with Gasteiger partial charge in [-0.3, -0.25) is 4.79 Å². The molecular weight excluding hydrogens is 165 g/mol. The lowest BCUT2D eigenvalue weighted by Gasteiger charge is -2.18. The average molecular weight is 175 g/mol. The van der Waals surface area contributed by atoms with Crippen molar-refractivity contribution in [2.75, 3.05) is 6.54 Å². The molecule has 1 amide bonds. The molecule has 12 heavy (non-hydrogen) atoms. The van der Waals surface area contributed by atoms with E-state index < -0.39 is 18.2 Å². The quantitative estimate of drug-likeness (QED) is 0.611. The third-order valence-electron chi connectivity index (χ3n) is 1.94. The number of likely N-dealkylation sites (tertiary alicyclic amines) is 1. The lowest BCUT2D eigenvalue weighted by Crippen LogP contribution is -2.39. The second-order valence-electron chi connectivity index (χ2n) is 2.86. The van der Waals surface area contributed by atoms with Crippen LogP contribution in [0.4, 0.5) is 4.39 Å². The topological polar surface area (TPSA) is 57.6 Å². The number of carboxylic acids is 1.